The molecule has 1 saturated carbocycles. The monoisotopic (exact) mass is 439 g/mol. The van der Waals surface area contributed by atoms with Crippen LogP contribution in [0.5, 0.6) is 0 Å². The molecule has 166 valence electrons. The highest BCUT2D eigenvalue weighted by Crippen LogP contribution is 2.56. The summed E-state index contributed by atoms with van der Waals surface area (Å²) < 4.78 is 44.9. The van der Waals surface area contributed by atoms with E-state index in [1.165, 1.54) is 6.07 Å². The van der Waals surface area contributed by atoms with Crippen LogP contribution in [0.25, 0.3) is 11.0 Å². The lowest BCUT2D eigenvalue weighted by Gasteiger charge is -2.54. The van der Waals surface area contributed by atoms with Crippen LogP contribution in [-0.4, -0.2) is 33.7 Å². The van der Waals surface area contributed by atoms with Crippen LogP contribution in [0.15, 0.2) is 42.6 Å². The summed E-state index contributed by atoms with van der Waals surface area (Å²) in [5.41, 5.74) is 0.00104. The first-order valence-corrected chi connectivity index (χ1v) is 11.1. The zero-order valence-corrected chi connectivity index (χ0v) is 17.9. The van der Waals surface area contributed by atoms with E-state index < -0.39 is 11.7 Å². The predicted octanol–water partition coefficient (Wildman–Crippen LogP) is 5.20. The number of aromatic nitrogens is 3. The van der Waals surface area contributed by atoms with Crippen molar-refractivity contribution in [3.8, 4) is 0 Å². The second-order valence-corrected chi connectivity index (χ2v) is 9.76. The minimum absolute atomic E-state index is 0.0105. The first-order chi connectivity index (χ1) is 15.3. The summed E-state index contributed by atoms with van der Waals surface area (Å²) in [6.45, 7) is 3.11. The summed E-state index contributed by atoms with van der Waals surface area (Å²) in [5, 5.41) is 0.504. The molecular formula is C24H24F3N5. The van der Waals surface area contributed by atoms with Crippen molar-refractivity contribution in [3.63, 3.8) is 0 Å². The number of fused-ring (bicyclic) bond motifs is 2. The average molecular weight is 439 g/mol. The molecule has 2 aromatic heterocycles. The molecule has 32 heavy (non-hydrogen) atoms. The molecule has 1 aromatic carbocycles. The fourth-order valence-corrected chi connectivity index (χ4v) is 5.90. The molecule has 4 heterocycles. The molecule has 0 bridgehead atoms. The van der Waals surface area contributed by atoms with Gasteiger partial charge in [0.2, 0.25) is 5.95 Å². The molecule has 6 rings (SSSR count). The van der Waals surface area contributed by atoms with Crippen molar-refractivity contribution in [1.29, 1.82) is 0 Å². The van der Waals surface area contributed by atoms with Crippen molar-refractivity contribution in [2.75, 3.05) is 22.9 Å². The molecule has 1 spiro atoms. The van der Waals surface area contributed by atoms with Crippen molar-refractivity contribution < 1.29 is 13.2 Å². The molecular weight excluding hydrogens is 415 g/mol. The van der Waals surface area contributed by atoms with E-state index in [4.69, 9.17) is 0 Å². The minimum atomic E-state index is -3.17. The molecule has 0 radical (unpaired) electrons. The Morgan fingerprint density at radius 1 is 0.938 bits per heavy atom. The van der Waals surface area contributed by atoms with Crippen molar-refractivity contribution in [2.45, 2.75) is 50.9 Å². The third-order valence-electron chi connectivity index (χ3n) is 7.30. The number of piperidine rings is 1. The fourth-order valence-electron chi connectivity index (χ4n) is 5.90. The van der Waals surface area contributed by atoms with E-state index in [9.17, 15) is 4.39 Å². The normalized spacial score (nSPS) is 22.8. The lowest BCUT2D eigenvalue weighted by atomic mass is 9.56. The topological polar surface area (TPSA) is 45.2 Å². The fraction of sp³-hybridized carbons (Fsp3) is 0.458. The maximum atomic E-state index is 15.4. The van der Waals surface area contributed by atoms with Gasteiger partial charge in [-0.1, -0.05) is 24.3 Å². The molecule has 1 saturated heterocycles. The Morgan fingerprint density at radius 2 is 1.69 bits per heavy atom. The largest absolute Gasteiger partial charge is 0.354 e. The van der Waals surface area contributed by atoms with E-state index in [2.05, 4.69) is 15.0 Å². The molecule has 0 atom stereocenters. The van der Waals surface area contributed by atoms with E-state index in [0.29, 0.717) is 48.5 Å². The molecule has 0 N–H and O–H groups in total. The summed E-state index contributed by atoms with van der Waals surface area (Å²) in [4.78, 5) is 16.7. The lowest BCUT2D eigenvalue weighted by molar-refractivity contribution is -0.0685. The Balaban J connectivity index is 1.36. The number of hydrogen-bond acceptors (Lipinski definition) is 5. The summed E-state index contributed by atoms with van der Waals surface area (Å²) in [5.74, 6) is 0.606. The first-order valence-electron chi connectivity index (χ1n) is 11.1. The third kappa shape index (κ3) is 2.95. The number of halogens is 3. The Morgan fingerprint density at radius 3 is 2.41 bits per heavy atom. The van der Waals surface area contributed by atoms with E-state index in [0.717, 1.165) is 17.7 Å². The number of benzene rings is 1. The van der Waals surface area contributed by atoms with Gasteiger partial charge in [0.05, 0.1) is 11.9 Å². The standard InChI is InChI=1S/C24H24F3N5/c1-22(25)14-23(15-22)8-11-31(12-9-23)21-29-19-17(6-4-10-28-19)20(30-21)32-13-16-5-2-3-7-18(16)24(32,26)27/h2-7,10H,8-9,11-15H2,1H3. The van der Waals surface area contributed by atoms with Gasteiger partial charge in [-0.3, -0.25) is 4.90 Å². The smallest absolute Gasteiger partial charge is 0.341 e. The Hall–Kier alpha value is -2.90. The van der Waals surface area contributed by atoms with Crippen molar-refractivity contribution in [2.24, 2.45) is 5.41 Å². The van der Waals surface area contributed by atoms with Crippen LogP contribution in [0.4, 0.5) is 24.9 Å². The van der Waals surface area contributed by atoms with Crippen LogP contribution in [0.1, 0.15) is 43.7 Å². The SMILES string of the molecule is CC1(F)CC2(CCN(c3nc(N4Cc5ccccc5C4(F)F)c4cccnc4n3)CC2)C1. The highest BCUT2D eigenvalue weighted by atomic mass is 19.3. The maximum Gasteiger partial charge on any atom is 0.354 e. The van der Waals surface area contributed by atoms with Gasteiger partial charge in [-0.15, -0.1) is 0 Å². The van der Waals surface area contributed by atoms with Gasteiger partial charge in [0, 0.05) is 24.8 Å². The highest BCUT2D eigenvalue weighted by Gasteiger charge is 2.53. The molecule has 2 aliphatic heterocycles. The lowest BCUT2D eigenvalue weighted by Crippen LogP contribution is -2.53. The summed E-state index contributed by atoms with van der Waals surface area (Å²) in [6, 6.07) is 6.89. The maximum absolute atomic E-state index is 15.4. The number of alkyl halides is 3. The van der Waals surface area contributed by atoms with Crippen LogP contribution in [0, 0.1) is 5.41 Å². The van der Waals surface area contributed by atoms with E-state index in [1.54, 1.807) is 43.5 Å². The molecule has 2 fully saturated rings. The van der Waals surface area contributed by atoms with E-state index >= 15 is 8.78 Å². The van der Waals surface area contributed by atoms with Gasteiger partial charge in [-0.2, -0.15) is 18.7 Å². The van der Waals surface area contributed by atoms with Gasteiger partial charge in [-0.25, -0.2) is 9.37 Å². The molecule has 0 amide bonds. The van der Waals surface area contributed by atoms with Crippen LogP contribution in [0.3, 0.4) is 0 Å². The van der Waals surface area contributed by atoms with Crippen LogP contribution in [0.2, 0.25) is 0 Å². The zero-order chi connectivity index (χ0) is 22.1. The quantitative estimate of drug-likeness (QED) is 0.514. The summed E-state index contributed by atoms with van der Waals surface area (Å²) in [6.07, 6.45) is 4.52. The molecule has 1 aliphatic carbocycles. The van der Waals surface area contributed by atoms with Crippen LogP contribution in [-0.2, 0) is 12.6 Å². The van der Waals surface area contributed by atoms with Gasteiger partial charge < -0.3 is 4.90 Å². The third-order valence-corrected chi connectivity index (χ3v) is 7.30. The van der Waals surface area contributed by atoms with Crippen LogP contribution < -0.4 is 9.80 Å². The van der Waals surface area contributed by atoms with Gasteiger partial charge in [0.15, 0.2) is 5.65 Å². The average Bonchev–Trinajstić information content (AvgIpc) is 3.03. The Bertz CT molecular complexity index is 1190. The van der Waals surface area contributed by atoms with Gasteiger partial charge in [-0.05, 0) is 55.7 Å². The van der Waals surface area contributed by atoms with Crippen molar-refractivity contribution in [1.82, 2.24) is 15.0 Å². The Labute approximate surface area is 184 Å². The molecule has 5 nitrogen and oxygen atoms in total. The van der Waals surface area contributed by atoms with Gasteiger partial charge in [0.1, 0.15) is 11.5 Å². The predicted molar refractivity (Wildman–Crippen MR) is 116 cm³/mol. The number of anilines is 2. The summed E-state index contributed by atoms with van der Waals surface area (Å²) >= 11 is 0. The second kappa shape index (κ2) is 6.56. The van der Waals surface area contributed by atoms with E-state index in [1.807, 2.05) is 4.90 Å². The summed E-state index contributed by atoms with van der Waals surface area (Å²) in [7, 11) is 0. The first kappa shape index (κ1) is 19.8. The highest BCUT2D eigenvalue weighted by molar-refractivity contribution is 5.88. The number of nitrogens with zero attached hydrogens (tertiary/aromatic N) is 5. The molecule has 0 unspecified atom stereocenters. The number of pyridine rings is 1. The van der Waals surface area contributed by atoms with E-state index in [-0.39, 0.29) is 23.3 Å². The van der Waals surface area contributed by atoms with Crippen molar-refractivity contribution in [3.05, 3.63) is 53.7 Å². The second-order valence-electron chi connectivity index (χ2n) is 9.76. The van der Waals surface area contributed by atoms with Gasteiger partial charge >= 0.3 is 6.05 Å². The Kier molecular flexibility index (Phi) is 4.05. The number of hydrogen-bond donors (Lipinski definition) is 0. The molecule has 3 aliphatic rings. The molecule has 8 heteroatoms. The van der Waals surface area contributed by atoms with Crippen LogP contribution >= 0.6 is 0 Å². The zero-order valence-electron chi connectivity index (χ0n) is 17.9. The molecule has 3 aromatic rings. The minimum Gasteiger partial charge on any atom is -0.341 e. The number of rotatable bonds is 2. The van der Waals surface area contributed by atoms with Crippen molar-refractivity contribution >= 4 is 22.8 Å². The van der Waals surface area contributed by atoms with Gasteiger partial charge in [0.25, 0.3) is 0 Å².